The molecule has 0 N–H and O–H groups in total. The van der Waals surface area contributed by atoms with Crippen LogP contribution >= 0.6 is 11.8 Å². The van der Waals surface area contributed by atoms with E-state index in [4.69, 9.17) is 4.74 Å². The molecule has 0 amide bonds. The van der Waals surface area contributed by atoms with Crippen molar-refractivity contribution in [2.24, 2.45) is 0 Å². The monoisotopic (exact) mass is 407 g/mol. The fourth-order valence-electron chi connectivity index (χ4n) is 2.96. The first-order chi connectivity index (χ1) is 13.9. The summed E-state index contributed by atoms with van der Waals surface area (Å²) in [4.78, 5) is 12.9. The van der Waals surface area contributed by atoms with Crippen LogP contribution in [0.4, 0.5) is 0 Å². The third-order valence-corrected chi connectivity index (χ3v) is 5.90. The van der Waals surface area contributed by atoms with E-state index < -0.39 is 0 Å². The van der Waals surface area contributed by atoms with Crippen molar-refractivity contribution in [2.45, 2.75) is 37.7 Å². The van der Waals surface area contributed by atoms with Crippen LogP contribution < -0.4 is 4.74 Å². The van der Waals surface area contributed by atoms with Crippen LogP contribution in [0.25, 0.3) is 11.4 Å². The van der Waals surface area contributed by atoms with Gasteiger partial charge < -0.3 is 4.74 Å². The Bertz CT molecular complexity index is 1030. The number of carbonyl (C=O) groups is 1. The number of rotatable bonds is 8. The zero-order valence-electron chi connectivity index (χ0n) is 17.2. The summed E-state index contributed by atoms with van der Waals surface area (Å²) in [6.45, 7) is 10.4. The van der Waals surface area contributed by atoms with Crippen LogP contribution in [0.3, 0.4) is 0 Å². The first kappa shape index (κ1) is 20.9. The van der Waals surface area contributed by atoms with E-state index in [9.17, 15) is 4.79 Å². The topological polar surface area (TPSA) is 57.0 Å². The molecule has 5 nitrogen and oxygen atoms in total. The molecule has 0 bridgehead atoms. The van der Waals surface area contributed by atoms with Gasteiger partial charge in [0, 0.05) is 17.7 Å². The molecule has 0 aliphatic rings. The van der Waals surface area contributed by atoms with E-state index in [-0.39, 0.29) is 11.0 Å². The SMILES string of the molecule is C=CCn1c(S[C@H](C)C(=O)c2ccc(C)c(C)c2)nnc1-c1ccc(OC)cc1. The van der Waals surface area contributed by atoms with Gasteiger partial charge in [-0.3, -0.25) is 9.36 Å². The maximum Gasteiger partial charge on any atom is 0.192 e. The van der Waals surface area contributed by atoms with Gasteiger partial charge in [0.25, 0.3) is 0 Å². The summed E-state index contributed by atoms with van der Waals surface area (Å²) in [7, 11) is 1.64. The molecule has 1 atom stereocenters. The molecule has 0 spiro atoms. The summed E-state index contributed by atoms with van der Waals surface area (Å²) in [5.41, 5.74) is 3.94. The minimum absolute atomic E-state index is 0.0808. The van der Waals surface area contributed by atoms with Gasteiger partial charge in [0.15, 0.2) is 16.8 Å². The van der Waals surface area contributed by atoms with Crippen LogP contribution in [-0.2, 0) is 6.54 Å². The Labute approximate surface area is 175 Å². The minimum Gasteiger partial charge on any atom is -0.497 e. The van der Waals surface area contributed by atoms with E-state index in [0.717, 1.165) is 28.3 Å². The zero-order chi connectivity index (χ0) is 21.0. The van der Waals surface area contributed by atoms with Gasteiger partial charge in [-0.25, -0.2) is 0 Å². The van der Waals surface area contributed by atoms with Crippen LogP contribution in [0, 0.1) is 13.8 Å². The Morgan fingerprint density at radius 2 is 1.90 bits per heavy atom. The smallest absolute Gasteiger partial charge is 0.192 e. The number of aryl methyl sites for hydroxylation is 2. The maximum atomic E-state index is 12.9. The second kappa shape index (κ2) is 9.09. The van der Waals surface area contributed by atoms with Gasteiger partial charge in [-0.05, 0) is 62.2 Å². The molecule has 150 valence electrons. The molecular weight excluding hydrogens is 382 g/mol. The van der Waals surface area contributed by atoms with Gasteiger partial charge in [0.1, 0.15) is 5.75 Å². The number of aromatic nitrogens is 3. The molecule has 6 heteroatoms. The zero-order valence-corrected chi connectivity index (χ0v) is 18.0. The van der Waals surface area contributed by atoms with Crippen molar-refractivity contribution in [2.75, 3.05) is 7.11 Å². The number of nitrogens with zero attached hydrogens (tertiary/aromatic N) is 3. The number of benzene rings is 2. The summed E-state index contributed by atoms with van der Waals surface area (Å²) in [5, 5.41) is 9.12. The minimum atomic E-state index is -0.284. The second-order valence-electron chi connectivity index (χ2n) is 6.86. The van der Waals surface area contributed by atoms with Gasteiger partial charge in [-0.15, -0.1) is 16.8 Å². The molecule has 0 aliphatic heterocycles. The van der Waals surface area contributed by atoms with E-state index in [1.165, 1.54) is 17.3 Å². The normalized spacial score (nSPS) is 11.9. The van der Waals surface area contributed by atoms with Gasteiger partial charge in [0.2, 0.25) is 0 Å². The number of Topliss-reactive ketones (excluding diaryl/α,β-unsaturated/α-hetero) is 1. The molecule has 0 radical (unpaired) electrons. The van der Waals surface area contributed by atoms with E-state index in [1.807, 2.05) is 67.8 Å². The lowest BCUT2D eigenvalue weighted by atomic mass is 10.0. The number of methoxy groups -OCH3 is 1. The number of allylic oxidation sites excluding steroid dienone is 1. The molecule has 0 saturated heterocycles. The van der Waals surface area contributed by atoms with Crippen molar-refractivity contribution < 1.29 is 9.53 Å². The Morgan fingerprint density at radius 1 is 1.17 bits per heavy atom. The van der Waals surface area contributed by atoms with Crippen molar-refractivity contribution in [1.29, 1.82) is 0 Å². The van der Waals surface area contributed by atoms with Crippen molar-refractivity contribution >= 4 is 17.5 Å². The van der Waals surface area contributed by atoms with Gasteiger partial charge in [-0.1, -0.05) is 30.0 Å². The second-order valence-corrected chi connectivity index (χ2v) is 8.17. The van der Waals surface area contributed by atoms with E-state index in [1.54, 1.807) is 13.2 Å². The predicted molar refractivity (Wildman–Crippen MR) is 118 cm³/mol. The number of ether oxygens (including phenoxy) is 1. The number of hydrogen-bond acceptors (Lipinski definition) is 5. The van der Waals surface area contributed by atoms with Crippen LogP contribution in [0.2, 0.25) is 0 Å². The first-order valence-corrected chi connectivity index (χ1v) is 10.3. The van der Waals surface area contributed by atoms with Crippen molar-refractivity contribution in [1.82, 2.24) is 14.8 Å². The highest BCUT2D eigenvalue weighted by Crippen LogP contribution is 2.29. The Morgan fingerprint density at radius 3 is 2.52 bits per heavy atom. The molecule has 1 heterocycles. The molecule has 3 aromatic rings. The molecule has 0 saturated carbocycles. The molecule has 3 rings (SSSR count). The summed E-state index contributed by atoms with van der Waals surface area (Å²) in [6, 6.07) is 13.5. The predicted octanol–water partition coefficient (Wildman–Crippen LogP) is 5.12. The number of hydrogen-bond donors (Lipinski definition) is 0. The van der Waals surface area contributed by atoms with E-state index in [2.05, 4.69) is 16.8 Å². The highest BCUT2D eigenvalue weighted by atomic mass is 32.2. The number of carbonyl (C=O) groups excluding carboxylic acids is 1. The number of ketones is 1. The summed E-state index contributed by atoms with van der Waals surface area (Å²) in [5.74, 6) is 1.60. The van der Waals surface area contributed by atoms with Crippen LogP contribution in [0.1, 0.15) is 28.4 Å². The first-order valence-electron chi connectivity index (χ1n) is 9.41. The molecule has 0 unspecified atom stereocenters. The summed E-state index contributed by atoms with van der Waals surface area (Å²) in [6.07, 6.45) is 1.80. The standard InChI is InChI=1S/C23H25N3O2S/c1-6-13-26-22(18-9-11-20(28-5)12-10-18)24-25-23(26)29-17(4)21(27)19-8-7-15(2)16(3)14-19/h6-12,14,17H,1,13H2,2-5H3/t17-/m1/s1. The number of thioether (sulfide) groups is 1. The fourth-order valence-corrected chi connectivity index (χ4v) is 3.90. The van der Waals surface area contributed by atoms with Gasteiger partial charge >= 0.3 is 0 Å². The lowest BCUT2D eigenvalue weighted by Crippen LogP contribution is -2.15. The lowest BCUT2D eigenvalue weighted by molar-refractivity contribution is 0.0993. The molecule has 0 fully saturated rings. The molecule has 0 aliphatic carbocycles. The van der Waals surface area contributed by atoms with E-state index in [0.29, 0.717) is 11.7 Å². The van der Waals surface area contributed by atoms with Crippen LogP contribution in [-0.4, -0.2) is 32.9 Å². The van der Waals surface area contributed by atoms with Crippen molar-refractivity contribution in [3.8, 4) is 17.1 Å². The molecule has 29 heavy (non-hydrogen) atoms. The maximum absolute atomic E-state index is 12.9. The Kier molecular flexibility index (Phi) is 6.54. The lowest BCUT2D eigenvalue weighted by Gasteiger charge is -2.13. The van der Waals surface area contributed by atoms with Gasteiger partial charge in [0.05, 0.1) is 12.4 Å². The quantitative estimate of drug-likeness (QED) is 0.295. The molecule has 1 aromatic heterocycles. The Hall–Kier alpha value is -2.86. The summed E-state index contributed by atoms with van der Waals surface area (Å²) < 4.78 is 7.20. The van der Waals surface area contributed by atoms with Gasteiger partial charge in [-0.2, -0.15) is 0 Å². The third-order valence-electron chi connectivity index (χ3n) is 4.82. The highest BCUT2D eigenvalue weighted by Gasteiger charge is 2.22. The van der Waals surface area contributed by atoms with Crippen molar-refractivity contribution in [3.05, 3.63) is 71.8 Å². The van der Waals surface area contributed by atoms with Crippen molar-refractivity contribution in [3.63, 3.8) is 0 Å². The largest absolute Gasteiger partial charge is 0.497 e. The average Bonchev–Trinajstić information content (AvgIpc) is 3.12. The van der Waals surface area contributed by atoms with Crippen LogP contribution in [0.5, 0.6) is 5.75 Å². The average molecular weight is 408 g/mol. The van der Waals surface area contributed by atoms with E-state index >= 15 is 0 Å². The third kappa shape index (κ3) is 4.59. The van der Waals surface area contributed by atoms with Crippen LogP contribution in [0.15, 0.2) is 60.3 Å². The fraction of sp³-hybridized carbons (Fsp3) is 0.261. The highest BCUT2D eigenvalue weighted by molar-refractivity contribution is 8.00. The molecule has 2 aromatic carbocycles. The molecular formula is C23H25N3O2S. The Balaban J connectivity index is 1.86. The summed E-state index contributed by atoms with van der Waals surface area (Å²) >= 11 is 1.41.